The molecule has 1 fully saturated rings. The van der Waals surface area contributed by atoms with Crippen LogP contribution in [0.4, 0.5) is 0 Å². The van der Waals surface area contributed by atoms with Gasteiger partial charge in [0, 0.05) is 44.5 Å². The van der Waals surface area contributed by atoms with Crippen LogP contribution in [0.2, 0.25) is 5.02 Å². The molecule has 0 spiro atoms. The van der Waals surface area contributed by atoms with Crippen LogP contribution in [0.25, 0.3) is 0 Å². The summed E-state index contributed by atoms with van der Waals surface area (Å²) >= 11 is 7.35. The van der Waals surface area contributed by atoms with Crippen molar-refractivity contribution < 1.29 is 4.79 Å². The summed E-state index contributed by atoms with van der Waals surface area (Å²) in [5, 5.41) is 4.78. The van der Waals surface area contributed by atoms with Crippen molar-refractivity contribution in [3.63, 3.8) is 0 Å². The molecule has 1 amide bonds. The number of halogens is 1. The first-order valence-corrected chi connectivity index (χ1v) is 7.35. The van der Waals surface area contributed by atoms with Gasteiger partial charge in [-0.1, -0.05) is 11.6 Å². The van der Waals surface area contributed by atoms with Crippen molar-refractivity contribution in [2.45, 2.75) is 11.4 Å². The maximum Gasteiger partial charge on any atom is 0.223 e. The lowest BCUT2D eigenvalue weighted by molar-refractivity contribution is -0.131. The Bertz CT molecular complexity index is 393. The molecule has 1 N–H and O–H groups in total. The van der Waals surface area contributed by atoms with E-state index in [1.165, 1.54) is 0 Å². The van der Waals surface area contributed by atoms with Gasteiger partial charge in [0.2, 0.25) is 5.91 Å². The molecule has 18 heavy (non-hydrogen) atoms. The highest BCUT2D eigenvalue weighted by Crippen LogP contribution is 2.18. The summed E-state index contributed by atoms with van der Waals surface area (Å²) in [6.07, 6.45) is 2.19. The second kappa shape index (κ2) is 6.97. The summed E-state index contributed by atoms with van der Waals surface area (Å²) in [5.74, 6) is 0.996. The van der Waals surface area contributed by atoms with Crippen LogP contribution < -0.4 is 5.32 Å². The van der Waals surface area contributed by atoms with Crippen molar-refractivity contribution in [1.29, 1.82) is 0 Å². The van der Waals surface area contributed by atoms with E-state index in [4.69, 9.17) is 11.6 Å². The normalized spacial score (nSPS) is 15.7. The monoisotopic (exact) mass is 285 g/mol. The number of piperazine rings is 1. The molecule has 0 saturated carbocycles. The van der Waals surface area contributed by atoms with E-state index in [1.807, 2.05) is 17.0 Å². The van der Waals surface area contributed by atoms with Crippen LogP contribution in [0.3, 0.4) is 0 Å². The molecule has 2 heterocycles. The van der Waals surface area contributed by atoms with Crippen LogP contribution in [-0.4, -0.2) is 47.7 Å². The summed E-state index contributed by atoms with van der Waals surface area (Å²) in [4.78, 5) is 18.0. The number of thioether (sulfide) groups is 1. The van der Waals surface area contributed by atoms with Crippen LogP contribution >= 0.6 is 23.4 Å². The van der Waals surface area contributed by atoms with Gasteiger partial charge in [0.15, 0.2) is 0 Å². The minimum Gasteiger partial charge on any atom is -0.340 e. The SMILES string of the molecule is O=C(CCSc1ccc(Cl)cn1)N1CCNCC1. The molecule has 1 aromatic rings. The molecule has 98 valence electrons. The summed E-state index contributed by atoms with van der Waals surface area (Å²) in [6, 6.07) is 3.69. The Morgan fingerprint density at radius 3 is 2.89 bits per heavy atom. The highest BCUT2D eigenvalue weighted by molar-refractivity contribution is 7.99. The van der Waals surface area contributed by atoms with Crippen molar-refractivity contribution in [1.82, 2.24) is 15.2 Å². The van der Waals surface area contributed by atoms with Gasteiger partial charge >= 0.3 is 0 Å². The van der Waals surface area contributed by atoms with Gasteiger partial charge in [-0.3, -0.25) is 4.79 Å². The third kappa shape index (κ3) is 4.15. The van der Waals surface area contributed by atoms with E-state index in [0.29, 0.717) is 11.4 Å². The highest BCUT2D eigenvalue weighted by atomic mass is 35.5. The van der Waals surface area contributed by atoms with E-state index in [9.17, 15) is 4.79 Å². The van der Waals surface area contributed by atoms with Crippen LogP contribution in [-0.2, 0) is 4.79 Å². The minimum atomic E-state index is 0.234. The number of amides is 1. The minimum absolute atomic E-state index is 0.234. The topological polar surface area (TPSA) is 45.2 Å². The maximum atomic E-state index is 11.9. The van der Waals surface area contributed by atoms with Crippen LogP contribution in [0.5, 0.6) is 0 Å². The van der Waals surface area contributed by atoms with E-state index in [2.05, 4.69) is 10.3 Å². The molecule has 1 aliphatic rings. The zero-order chi connectivity index (χ0) is 12.8. The number of carbonyl (C=O) groups is 1. The maximum absolute atomic E-state index is 11.9. The van der Waals surface area contributed by atoms with E-state index < -0.39 is 0 Å². The lowest BCUT2D eigenvalue weighted by Gasteiger charge is -2.27. The average molecular weight is 286 g/mol. The average Bonchev–Trinajstić information content (AvgIpc) is 2.42. The smallest absolute Gasteiger partial charge is 0.223 e. The largest absolute Gasteiger partial charge is 0.340 e. The molecular weight excluding hydrogens is 270 g/mol. The molecular formula is C12H16ClN3OS. The highest BCUT2D eigenvalue weighted by Gasteiger charge is 2.15. The number of aromatic nitrogens is 1. The summed E-state index contributed by atoms with van der Waals surface area (Å²) < 4.78 is 0. The first kappa shape index (κ1) is 13.6. The molecule has 1 aliphatic heterocycles. The van der Waals surface area contributed by atoms with Gasteiger partial charge < -0.3 is 10.2 Å². The van der Waals surface area contributed by atoms with Crippen molar-refractivity contribution in [2.24, 2.45) is 0 Å². The Labute approximate surface area is 116 Å². The van der Waals surface area contributed by atoms with Gasteiger partial charge in [0.1, 0.15) is 0 Å². The van der Waals surface area contributed by atoms with Gasteiger partial charge in [-0.15, -0.1) is 11.8 Å². The van der Waals surface area contributed by atoms with Gasteiger partial charge in [0.25, 0.3) is 0 Å². The van der Waals surface area contributed by atoms with E-state index in [-0.39, 0.29) is 5.91 Å². The zero-order valence-corrected chi connectivity index (χ0v) is 11.6. The predicted molar refractivity (Wildman–Crippen MR) is 74.0 cm³/mol. The Balaban J connectivity index is 1.71. The second-order valence-corrected chi connectivity index (χ2v) is 5.60. The number of carbonyl (C=O) groups excluding carboxylic acids is 1. The third-order valence-electron chi connectivity index (χ3n) is 2.74. The van der Waals surface area contributed by atoms with Crippen molar-refractivity contribution in [3.8, 4) is 0 Å². The van der Waals surface area contributed by atoms with Crippen molar-refractivity contribution >= 4 is 29.3 Å². The molecule has 0 atom stereocenters. The lowest BCUT2D eigenvalue weighted by atomic mass is 10.3. The Hall–Kier alpha value is -0.780. The first-order valence-electron chi connectivity index (χ1n) is 5.98. The quantitative estimate of drug-likeness (QED) is 0.855. The third-order valence-corrected chi connectivity index (χ3v) is 3.90. The molecule has 1 saturated heterocycles. The van der Waals surface area contributed by atoms with Crippen molar-refractivity contribution in [3.05, 3.63) is 23.4 Å². The van der Waals surface area contributed by atoms with Crippen molar-refractivity contribution in [2.75, 3.05) is 31.9 Å². The molecule has 2 rings (SSSR count). The molecule has 1 aromatic heterocycles. The second-order valence-electron chi connectivity index (χ2n) is 4.04. The molecule has 0 unspecified atom stereocenters. The molecule has 0 radical (unpaired) electrons. The summed E-state index contributed by atoms with van der Waals surface area (Å²) in [6.45, 7) is 3.45. The van der Waals surface area contributed by atoms with Crippen LogP contribution in [0, 0.1) is 0 Å². The van der Waals surface area contributed by atoms with Gasteiger partial charge in [-0.05, 0) is 12.1 Å². The zero-order valence-electron chi connectivity index (χ0n) is 10.1. The molecule has 0 bridgehead atoms. The first-order chi connectivity index (χ1) is 8.75. The lowest BCUT2D eigenvalue weighted by Crippen LogP contribution is -2.46. The van der Waals surface area contributed by atoms with Crippen LogP contribution in [0.15, 0.2) is 23.4 Å². The fourth-order valence-electron chi connectivity index (χ4n) is 1.76. The predicted octanol–water partition coefficient (Wildman–Crippen LogP) is 1.65. The summed E-state index contributed by atoms with van der Waals surface area (Å²) in [5.41, 5.74) is 0. The fraction of sp³-hybridized carbons (Fsp3) is 0.500. The Morgan fingerprint density at radius 2 is 2.22 bits per heavy atom. The standard InChI is InChI=1S/C12H16ClN3OS/c13-10-1-2-11(15-9-10)18-8-3-12(17)16-6-4-14-5-7-16/h1-2,9,14H,3-8H2. The van der Waals surface area contributed by atoms with Gasteiger partial charge in [-0.25, -0.2) is 4.98 Å². The molecule has 0 aromatic carbocycles. The fourth-order valence-corrected chi connectivity index (χ4v) is 2.65. The molecule has 0 aliphatic carbocycles. The number of nitrogens with one attached hydrogen (secondary N) is 1. The number of rotatable bonds is 4. The molecule has 6 heteroatoms. The van der Waals surface area contributed by atoms with Gasteiger partial charge in [-0.2, -0.15) is 0 Å². The van der Waals surface area contributed by atoms with Gasteiger partial charge in [0.05, 0.1) is 10.0 Å². The summed E-state index contributed by atoms with van der Waals surface area (Å²) in [7, 11) is 0. The Kier molecular flexibility index (Phi) is 5.28. The molecule has 4 nitrogen and oxygen atoms in total. The number of hydrogen-bond donors (Lipinski definition) is 1. The number of nitrogens with zero attached hydrogens (tertiary/aromatic N) is 2. The van der Waals surface area contributed by atoms with Crippen LogP contribution in [0.1, 0.15) is 6.42 Å². The Morgan fingerprint density at radius 1 is 1.44 bits per heavy atom. The van der Waals surface area contributed by atoms with E-state index >= 15 is 0 Å². The van der Waals surface area contributed by atoms with E-state index in [1.54, 1.807) is 18.0 Å². The number of pyridine rings is 1. The number of hydrogen-bond acceptors (Lipinski definition) is 4. The van der Waals surface area contributed by atoms with E-state index in [0.717, 1.165) is 37.0 Å².